The zero-order valence-electron chi connectivity index (χ0n) is 8.54. The summed E-state index contributed by atoms with van der Waals surface area (Å²) in [6.45, 7) is 4.65. The van der Waals surface area contributed by atoms with Crippen molar-refractivity contribution in [3.8, 4) is 11.5 Å². The molecule has 1 atom stereocenters. The summed E-state index contributed by atoms with van der Waals surface area (Å²) in [5, 5.41) is 3.39. The Bertz CT molecular complexity index is 325. The summed E-state index contributed by atoms with van der Waals surface area (Å²) >= 11 is 0. The maximum Gasteiger partial charge on any atom is 0.231 e. The number of ether oxygens (including phenoxy) is 2. The highest BCUT2D eigenvalue weighted by atomic mass is 16.7. The molecule has 0 bridgehead atoms. The first-order valence-corrected chi connectivity index (χ1v) is 4.96. The third-order valence-electron chi connectivity index (χ3n) is 2.40. The van der Waals surface area contributed by atoms with Crippen molar-refractivity contribution in [1.29, 1.82) is 0 Å². The van der Waals surface area contributed by atoms with E-state index in [0.717, 1.165) is 23.6 Å². The second kappa shape index (κ2) is 3.78. The highest BCUT2D eigenvalue weighted by molar-refractivity contribution is 5.55. The fourth-order valence-electron chi connectivity index (χ4n) is 1.37. The van der Waals surface area contributed by atoms with Gasteiger partial charge < -0.3 is 14.8 Å². The summed E-state index contributed by atoms with van der Waals surface area (Å²) in [5.41, 5.74) is 1.09. The van der Waals surface area contributed by atoms with Crippen molar-refractivity contribution in [2.45, 2.75) is 26.3 Å². The zero-order chi connectivity index (χ0) is 9.97. The van der Waals surface area contributed by atoms with Gasteiger partial charge in [0.2, 0.25) is 6.79 Å². The lowest BCUT2D eigenvalue weighted by molar-refractivity contribution is 0.174. The van der Waals surface area contributed by atoms with E-state index in [1.165, 1.54) is 0 Å². The fourth-order valence-corrected chi connectivity index (χ4v) is 1.37. The van der Waals surface area contributed by atoms with Gasteiger partial charge in [-0.25, -0.2) is 0 Å². The fraction of sp³-hybridized carbons (Fsp3) is 0.455. The van der Waals surface area contributed by atoms with Gasteiger partial charge in [-0.3, -0.25) is 0 Å². The monoisotopic (exact) mass is 193 g/mol. The van der Waals surface area contributed by atoms with Crippen molar-refractivity contribution in [1.82, 2.24) is 0 Å². The molecule has 2 rings (SSSR count). The first-order valence-electron chi connectivity index (χ1n) is 4.96. The standard InChI is InChI=1S/C11H15NO2/c1-3-8(2)12-9-4-5-10-11(6-9)14-7-13-10/h4-6,8,12H,3,7H2,1-2H3/t8-/m0/s1. The molecule has 0 spiro atoms. The molecule has 1 N–H and O–H groups in total. The van der Waals surface area contributed by atoms with Crippen LogP contribution in [0, 0.1) is 0 Å². The molecule has 0 saturated carbocycles. The van der Waals surface area contributed by atoms with Crippen molar-refractivity contribution >= 4 is 5.69 Å². The van der Waals surface area contributed by atoms with Crippen LogP contribution in [-0.2, 0) is 0 Å². The van der Waals surface area contributed by atoms with E-state index in [4.69, 9.17) is 9.47 Å². The molecule has 1 aliphatic heterocycles. The van der Waals surface area contributed by atoms with Crippen LogP contribution < -0.4 is 14.8 Å². The number of hydrogen-bond acceptors (Lipinski definition) is 3. The Kier molecular flexibility index (Phi) is 2.48. The molecular formula is C11H15NO2. The summed E-state index contributed by atoms with van der Waals surface area (Å²) in [7, 11) is 0. The normalized spacial score (nSPS) is 15.3. The minimum absolute atomic E-state index is 0.335. The second-order valence-electron chi connectivity index (χ2n) is 3.52. The average Bonchev–Trinajstić information content (AvgIpc) is 2.64. The molecular weight excluding hydrogens is 178 g/mol. The molecule has 0 radical (unpaired) electrons. The molecule has 76 valence electrons. The highest BCUT2D eigenvalue weighted by Gasteiger charge is 2.13. The minimum atomic E-state index is 0.335. The van der Waals surface area contributed by atoms with Crippen LogP contribution in [0.3, 0.4) is 0 Å². The Morgan fingerprint density at radius 3 is 2.93 bits per heavy atom. The second-order valence-corrected chi connectivity index (χ2v) is 3.52. The Morgan fingerprint density at radius 1 is 1.36 bits per heavy atom. The van der Waals surface area contributed by atoms with Gasteiger partial charge in [-0.15, -0.1) is 0 Å². The van der Waals surface area contributed by atoms with Crippen LogP contribution in [0.15, 0.2) is 18.2 Å². The number of hydrogen-bond donors (Lipinski definition) is 1. The molecule has 1 aliphatic rings. The first kappa shape index (κ1) is 9.19. The maximum atomic E-state index is 5.29. The van der Waals surface area contributed by atoms with Gasteiger partial charge in [0.05, 0.1) is 0 Å². The minimum Gasteiger partial charge on any atom is -0.454 e. The Labute approximate surface area is 84.0 Å². The zero-order valence-corrected chi connectivity index (χ0v) is 8.54. The van der Waals surface area contributed by atoms with Crippen LogP contribution in [0.2, 0.25) is 0 Å². The van der Waals surface area contributed by atoms with Crippen LogP contribution in [-0.4, -0.2) is 12.8 Å². The van der Waals surface area contributed by atoms with Crippen LogP contribution in [0.25, 0.3) is 0 Å². The predicted octanol–water partition coefficient (Wildman–Crippen LogP) is 2.63. The van der Waals surface area contributed by atoms with Crippen molar-refractivity contribution in [2.75, 3.05) is 12.1 Å². The van der Waals surface area contributed by atoms with E-state index in [2.05, 4.69) is 19.2 Å². The lowest BCUT2D eigenvalue weighted by Gasteiger charge is -2.12. The van der Waals surface area contributed by atoms with Crippen molar-refractivity contribution in [3.63, 3.8) is 0 Å². The van der Waals surface area contributed by atoms with E-state index in [1.54, 1.807) is 0 Å². The number of anilines is 1. The summed E-state index contributed by atoms with van der Waals surface area (Å²) in [6, 6.07) is 6.41. The molecule has 3 heteroatoms. The molecule has 1 heterocycles. The van der Waals surface area contributed by atoms with Crippen LogP contribution in [0.1, 0.15) is 20.3 Å². The van der Waals surface area contributed by atoms with Crippen molar-refractivity contribution < 1.29 is 9.47 Å². The van der Waals surface area contributed by atoms with Gasteiger partial charge in [-0.2, -0.15) is 0 Å². The molecule has 1 aromatic carbocycles. The molecule has 0 saturated heterocycles. The van der Waals surface area contributed by atoms with Gasteiger partial charge in [0.1, 0.15) is 0 Å². The van der Waals surface area contributed by atoms with E-state index in [-0.39, 0.29) is 0 Å². The third kappa shape index (κ3) is 1.76. The SMILES string of the molecule is CC[C@H](C)Nc1ccc2c(c1)OCO2. The number of benzene rings is 1. The molecule has 3 nitrogen and oxygen atoms in total. The Morgan fingerprint density at radius 2 is 2.14 bits per heavy atom. The lowest BCUT2D eigenvalue weighted by Crippen LogP contribution is -2.12. The number of rotatable bonds is 3. The summed E-state index contributed by atoms with van der Waals surface area (Å²) in [5.74, 6) is 1.66. The van der Waals surface area contributed by atoms with E-state index in [1.807, 2.05) is 18.2 Å². The molecule has 0 aromatic heterocycles. The largest absolute Gasteiger partial charge is 0.454 e. The van der Waals surface area contributed by atoms with E-state index in [0.29, 0.717) is 12.8 Å². The van der Waals surface area contributed by atoms with Crippen LogP contribution in [0.5, 0.6) is 11.5 Å². The molecule has 14 heavy (non-hydrogen) atoms. The summed E-state index contributed by atoms with van der Waals surface area (Å²) < 4.78 is 10.5. The lowest BCUT2D eigenvalue weighted by atomic mass is 10.2. The van der Waals surface area contributed by atoms with Gasteiger partial charge in [-0.1, -0.05) is 6.92 Å². The van der Waals surface area contributed by atoms with Crippen LogP contribution in [0.4, 0.5) is 5.69 Å². The predicted molar refractivity (Wildman–Crippen MR) is 55.9 cm³/mol. The molecule has 0 amide bonds. The van der Waals surface area contributed by atoms with Gasteiger partial charge in [-0.05, 0) is 25.5 Å². The molecule has 1 aromatic rings. The average molecular weight is 193 g/mol. The Hall–Kier alpha value is -1.38. The van der Waals surface area contributed by atoms with E-state index < -0.39 is 0 Å². The van der Waals surface area contributed by atoms with Crippen LogP contribution >= 0.6 is 0 Å². The quantitative estimate of drug-likeness (QED) is 0.800. The van der Waals surface area contributed by atoms with Gasteiger partial charge in [0, 0.05) is 17.8 Å². The van der Waals surface area contributed by atoms with Gasteiger partial charge >= 0.3 is 0 Å². The molecule has 0 fully saturated rings. The Balaban J connectivity index is 2.12. The van der Waals surface area contributed by atoms with E-state index >= 15 is 0 Å². The van der Waals surface area contributed by atoms with E-state index in [9.17, 15) is 0 Å². The highest BCUT2D eigenvalue weighted by Crippen LogP contribution is 2.34. The van der Waals surface area contributed by atoms with Gasteiger partial charge in [0.25, 0.3) is 0 Å². The topological polar surface area (TPSA) is 30.5 Å². The summed E-state index contributed by atoms with van der Waals surface area (Å²) in [4.78, 5) is 0. The number of fused-ring (bicyclic) bond motifs is 1. The number of nitrogens with one attached hydrogen (secondary N) is 1. The van der Waals surface area contributed by atoms with Crippen molar-refractivity contribution in [2.24, 2.45) is 0 Å². The molecule has 0 unspecified atom stereocenters. The van der Waals surface area contributed by atoms with Crippen molar-refractivity contribution in [3.05, 3.63) is 18.2 Å². The third-order valence-corrected chi connectivity index (χ3v) is 2.40. The smallest absolute Gasteiger partial charge is 0.231 e. The summed E-state index contributed by atoms with van der Waals surface area (Å²) in [6.07, 6.45) is 1.11. The first-order chi connectivity index (χ1) is 6.79. The molecule has 0 aliphatic carbocycles. The maximum absolute atomic E-state index is 5.29. The van der Waals surface area contributed by atoms with Gasteiger partial charge in [0.15, 0.2) is 11.5 Å².